The van der Waals surface area contributed by atoms with E-state index in [1.54, 1.807) is 13.8 Å². The van der Waals surface area contributed by atoms with Crippen LogP contribution in [-0.4, -0.2) is 35.1 Å². The number of carboxylic acid groups (broad SMARTS) is 1. The average molecular weight is 584 g/mol. The van der Waals surface area contributed by atoms with Crippen LogP contribution < -0.4 is 5.32 Å². The van der Waals surface area contributed by atoms with Gasteiger partial charge in [-0.3, -0.25) is 14.4 Å². The molecule has 2 N–H and O–H groups in total. The van der Waals surface area contributed by atoms with Gasteiger partial charge in [0.15, 0.2) is 0 Å². The van der Waals surface area contributed by atoms with Crippen molar-refractivity contribution in [3.63, 3.8) is 0 Å². The molecule has 7 rings (SSSR count). The van der Waals surface area contributed by atoms with Crippen LogP contribution in [0.4, 0.5) is 0 Å². The maximum absolute atomic E-state index is 13.0. The number of piperidine rings is 2. The summed E-state index contributed by atoms with van der Waals surface area (Å²) in [4.78, 5) is 37.6. The van der Waals surface area contributed by atoms with Crippen LogP contribution in [0.5, 0.6) is 0 Å². The molecule has 0 radical (unpaired) electrons. The molecule has 5 aliphatic carbocycles. The zero-order valence-electron chi connectivity index (χ0n) is 27.8. The molecule has 0 spiro atoms. The Morgan fingerprint density at radius 1 is 0.905 bits per heavy atom. The SMILES string of the molecule is CC(C)(CC(=O)O[C@H]1CC[C@]2(C)[C@H]3CC[C@@H]4[C@@H]5C(CC[C@@]4(C)[C@]3(C)CC[C@H]2C1(C)C)[C@H]1CC(C)(C)[C@@H]5NC1=O)C(=O)O. The van der Waals surface area contributed by atoms with Crippen molar-refractivity contribution in [2.45, 2.75) is 139 Å². The van der Waals surface area contributed by atoms with E-state index in [1.807, 2.05) is 0 Å². The normalized spacial score (nSPS) is 48.5. The van der Waals surface area contributed by atoms with Gasteiger partial charge in [0, 0.05) is 17.4 Å². The fourth-order valence-electron chi connectivity index (χ4n) is 13.0. The number of carbonyl (C=O) groups is 3. The van der Waals surface area contributed by atoms with Crippen molar-refractivity contribution in [2.24, 2.45) is 68.0 Å². The fraction of sp³-hybridized carbons (Fsp3) is 0.917. The van der Waals surface area contributed by atoms with E-state index in [-0.39, 0.29) is 51.5 Å². The van der Waals surface area contributed by atoms with Gasteiger partial charge in [-0.25, -0.2) is 0 Å². The van der Waals surface area contributed by atoms with E-state index in [2.05, 4.69) is 53.8 Å². The number of hydrogen-bond acceptors (Lipinski definition) is 4. The maximum atomic E-state index is 13.0. The standard InChI is InChI=1S/C36H57NO5/c1-31(2)18-21-20-12-16-35(8)22(27(20)28(31)37-29(21)39)10-11-24-34(7)15-14-25(42-26(38)19-32(3,4)30(40)41)33(5,6)23(34)13-17-36(24,35)9/h20-25,27-28H,10-19H2,1-9H3,(H,37,39)(H,40,41)/t20?,21-,22-,23+,24-,25+,27+,28-,34+,35-,36-/m1/s1. The molecule has 42 heavy (non-hydrogen) atoms. The largest absolute Gasteiger partial charge is 0.481 e. The molecule has 1 amide bonds. The van der Waals surface area contributed by atoms with Crippen LogP contribution in [0.15, 0.2) is 0 Å². The van der Waals surface area contributed by atoms with Crippen molar-refractivity contribution in [1.29, 1.82) is 0 Å². The molecular formula is C36H57NO5. The molecule has 2 bridgehead atoms. The molecule has 11 atom stereocenters. The van der Waals surface area contributed by atoms with Gasteiger partial charge in [0.25, 0.3) is 0 Å². The zero-order chi connectivity index (χ0) is 30.8. The van der Waals surface area contributed by atoms with E-state index >= 15 is 0 Å². The minimum atomic E-state index is -1.12. The summed E-state index contributed by atoms with van der Waals surface area (Å²) in [5.41, 5.74) is -0.423. The molecule has 6 heteroatoms. The minimum Gasteiger partial charge on any atom is -0.481 e. The van der Waals surface area contributed by atoms with Crippen LogP contribution in [0.3, 0.4) is 0 Å². The lowest BCUT2D eigenvalue weighted by atomic mass is 9.31. The van der Waals surface area contributed by atoms with E-state index in [1.165, 1.54) is 32.1 Å². The smallest absolute Gasteiger partial charge is 0.309 e. The fourth-order valence-corrected chi connectivity index (χ4v) is 13.0. The first-order valence-electron chi connectivity index (χ1n) is 17.0. The molecule has 7 fully saturated rings. The summed E-state index contributed by atoms with van der Waals surface area (Å²) in [6.45, 7) is 20.4. The number of fused-ring (bicyclic) bond motifs is 7. The first kappa shape index (κ1) is 30.4. The van der Waals surface area contributed by atoms with Crippen molar-refractivity contribution in [3.05, 3.63) is 0 Å². The average Bonchev–Trinajstić information content (AvgIpc) is 2.86. The maximum Gasteiger partial charge on any atom is 0.309 e. The van der Waals surface area contributed by atoms with Gasteiger partial charge in [0.2, 0.25) is 5.91 Å². The number of amides is 1. The van der Waals surface area contributed by atoms with Crippen LogP contribution in [0.25, 0.3) is 0 Å². The van der Waals surface area contributed by atoms with Gasteiger partial charge in [0.1, 0.15) is 6.10 Å². The van der Waals surface area contributed by atoms with E-state index in [0.717, 1.165) is 25.7 Å². The summed E-state index contributed by atoms with van der Waals surface area (Å²) < 4.78 is 6.13. The predicted molar refractivity (Wildman–Crippen MR) is 162 cm³/mol. The van der Waals surface area contributed by atoms with E-state index in [0.29, 0.717) is 41.5 Å². The second-order valence-electron chi connectivity index (χ2n) is 18.4. The molecular weight excluding hydrogens is 526 g/mol. The number of carbonyl (C=O) groups excluding carboxylic acids is 2. The topological polar surface area (TPSA) is 92.7 Å². The highest BCUT2D eigenvalue weighted by Crippen LogP contribution is 2.76. The highest BCUT2D eigenvalue weighted by molar-refractivity contribution is 5.82. The Morgan fingerprint density at radius 2 is 1.57 bits per heavy atom. The molecule has 7 aliphatic rings. The Labute approximate surface area is 253 Å². The number of rotatable bonds is 4. The lowest BCUT2D eigenvalue weighted by Gasteiger charge is -2.74. The Hall–Kier alpha value is -1.59. The minimum absolute atomic E-state index is 0.0987. The molecule has 2 heterocycles. The Balaban J connectivity index is 1.25. The first-order chi connectivity index (χ1) is 19.3. The van der Waals surface area contributed by atoms with Gasteiger partial charge >= 0.3 is 11.9 Å². The van der Waals surface area contributed by atoms with Crippen LogP contribution in [-0.2, 0) is 19.1 Å². The van der Waals surface area contributed by atoms with Crippen LogP contribution in [0, 0.1) is 68.0 Å². The highest BCUT2D eigenvalue weighted by Gasteiger charge is 2.71. The Kier molecular flexibility index (Phi) is 6.68. The van der Waals surface area contributed by atoms with Gasteiger partial charge in [-0.05, 0) is 123 Å². The number of esters is 1. The number of hydrogen-bond donors (Lipinski definition) is 2. The third kappa shape index (κ3) is 3.97. The quantitative estimate of drug-likeness (QED) is 0.340. The van der Waals surface area contributed by atoms with Gasteiger partial charge in [0.05, 0.1) is 11.8 Å². The second-order valence-corrected chi connectivity index (χ2v) is 18.4. The van der Waals surface area contributed by atoms with E-state index in [4.69, 9.17) is 4.74 Å². The molecule has 0 aromatic carbocycles. The summed E-state index contributed by atoms with van der Waals surface area (Å²) in [6.07, 6.45) is 9.99. The van der Waals surface area contributed by atoms with Gasteiger partial charge in [-0.2, -0.15) is 0 Å². The molecule has 0 aromatic heterocycles. The van der Waals surface area contributed by atoms with Crippen molar-refractivity contribution < 1.29 is 24.2 Å². The van der Waals surface area contributed by atoms with Crippen LogP contribution in [0.1, 0.15) is 127 Å². The monoisotopic (exact) mass is 583 g/mol. The Bertz CT molecular complexity index is 1170. The van der Waals surface area contributed by atoms with Crippen molar-refractivity contribution in [3.8, 4) is 0 Å². The van der Waals surface area contributed by atoms with Crippen LogP contribution in [0.2, 0.25) is 0 Å². The molecule has 2 aliphatic heterocycles. The van der Waals surface area contributed by atoms with Gasteiger partial charge in [-0.1, -0.05) is 48.5 Å². The van der Waals surface area contributed by atoms with Crippen molar-refractivity contribution in [2.75, 3.05) is 0 Å². The summed E-state index contributed by atoms with van der Waals surface area (Å²) in [5, 5.41) is 13.1. The summed E-state index contributed by atoms with van der Waals surface area (Å²) in [5.74, 6) is 2.07. The summed E-state index contributed by atoms with van der Waals surface area (Å²) >= 11 is 0. The molecule has 236 valence electrons. The lowest BCUT2D eigenvalue weighted by Crippen LogP contribution is -2.72. The molecule has 6 nitrogen and oxygen atoms in total. The second kappa shape index (κ2) is 9.22. The molecule has 1 unspecified atom stereocenters. The number of nitrogens with one attached hydrogen (secondary N) is 1. The van der Waals surface area contributed by atoms with Crippen LogP contribution >= 0.6 is 0 Å². The predicted octanol–water partition coefficient (Wildman–Crippen LogP) is 7.24. The van der Waals surface area contributed by atoms with E-state index < -0.39 is 11.4 Å². The Morgan fingerprint density at radius 3 is 2.24 bits per heavy atom. The van der Waals surface area contributed by atoms with Gasteiger partial charge in [-0.15, -0.1) is 0 Å². The number of aliphatic carboxylic acids is 1. The first-order valence-corrected chi connectivity index (χ1v) is 17.0. The zero-order valence-corrected chi connectivity index (χ0v) is 27.8. The van der Waals surface area contributed by atoms with E-state index in [9.17, 15) is 19.5 Å². The van der Waals surface area contributed by atoms with Gasteiger partial charge < -0.3 is 15.2 Å². The van der Waals surface area contributed by atoms with Crippen molar-refractivity contribution >= 4 is 17.8 Å². The van der Waals surface area contributed by atoms with Crippen molar-refractivity contribution in [1.82, 2.24) is 5.32 Å². The number of ether oxygens (including phenoxy) is 1. The summed E-state index contributed by atoms with van der Waals surface area (Å²) in [7, 11) is 0. The molecule has 0 aromatic rings. The lowest BCUT2D eigenvalue weighted by molar-refractivity contribution is -0.255. The highest BCUT2D eigenvalue weighted by atomic mass is 16.5. The third-order valence-electron chi connectivity index (χ3n) is 15.4. The molecule has 5 saturated carbocycles. The third-order valence-corrected chi connectivity index (χ3v) is 15.4. The number of carboxylic acids is 1. The molecule has 2 saturated heterocycles. The summed E-state index contributed by atoms with van der Waals surface area (Å²) in [6, 6.07) is 0.298.